The lowest BCUT2D eigenvalue weighted by atomic mass is 9.70. The van der Waals surface area contributed by atoms with Crippen LogP contribution in [0.3, 0.4) is 0 Å². The van der Waals surface area contributed by atoms with Crippen LogP contribution in [0.15, 0.2) is 18.3 Å². The molecule has 3 aliphatic rings. The molecule has 1 aromatic rings. The van der Waals surface area contributed by atoms with E-state index < -0.39 is 5.91 Å². The third-order valence-electron chi connectivity index (χ3n) is 7.88. The van der Waals surface area contributed by atoms with Crippen LogP contribution in [0, 0.1) is 5.41 Å². The number of aromatic nitrogens is 1. The minimum absolute atomic E-state index is 0.406. The Balaban J connectivity index is 1.08. The number of nitrogens with zero attached hydrogens (tertiary/aromatic N) is 3. The Morgan fingerprint density at radius 2 is 1.76 bits per heavy atom. The quantitative estimate of drug-likeness (QED) is 0.679. The average molecular weight is 399 g/mol. The summed E-state index contributed by atoms with van der Waals surface area (Å²) < 4.78 is 0. The Labute approximate surface area is 176 Å². The molecule has 4 rings (SSSR count). The third kappa shape index (κ3) is 5.37. The average Bonchev–Trinajstić information content (AvgIpc) is 2.70. The molecule has 1 aromatic heterocycles. The Hall–Kier alpha value is -1.46. The Morgan fingerprint density at radius 1 is 1.03 bits per heavy atom. The number of hydrogen-bond acceptors (Lipinski definition) is 4. The molecule has 1 spiro atoms. The van der Waals surface area contributed by atoms with Gasteiger partial charge in [0.1, 0.15) is 0 Å². The molecule has 2 saturated heterocycles. The molecule has 2 aliphatic heterocycles. The van der Waals surface area contributed by atoms with Crippen molar-refractivity contribution < 1.29 is 4.79 Å². The number of pyridine rings is 1. The molecule has 29 heavy (non-hydrogen) atoms. The van der Waals surface area contributed by atoms with Crippen LogP contribution < -0.4 is 5.73 Å². The summed E-state index contributed by atoms with van der Waals surface area (Å²) in [6.45, 7) is 6.58. The second kappa shape index (κ2) is 9.57. The van der Waals surface area contributed by atoms with Crippen molar-refractivity contribution in [3.63, 3.8) is 0 Å². The molecule has 1 aliphatic carbocycles. The zero-order valence-corrected chi connectivity index (χ0v) is 18.0. The van der Waals surface area contributed by atoms with Crippen molar-refractivity contribution in [3.8, 4) is 0 Å². The molecule has 5 heteroatoms. The molecule has 3 heterocycles. The van der Waals surface area contributed by atoms with Gasteiger partial charge in [0.25, 0.3) is 0 Å². The van der Waals surface area contributed by atoms with Crippen LogP contribution in [0.5, 0.6) is 0 Å². The van der Waals surface area contributed by atoms with E-state index in [0.29, 0.717) is 11.0 Å². The molecular weight excluding hydrogens is 360 g/mol. The number of carbonyl (C=O) groups excluding carboxylic acids is 1. The standard InChI is InChI=1S/C24H38N4O/c25-23(29)20-8-9-21(26-19-20)5-2-1-3-14-27-15-10-24(11-16-27)12-17-28(18-13-24)22-6-4-7-22/h8-9,19,22H,1-7,10-18H2,(H2,25,29). The van der Waals surface area contributed by atoms with Crippen molar-refractivity contribution in [2.45, 2.75) is 76.7 Å². The fourth-order valence-electron chi connectivity index (χ4n) is 5.40. The molecular formula is C24H38N4O. The minimum atomic E-state index is -0.406. The first-order chi connectivity index (χ1) is 14.1. The molecule has 2 N–H and O–H groups in total. The monoisotopic (exact) mass is 398 g/mol. The fraction of sp³-hybridized carbons (Fsp3) is 0.750. The fourth-order valence-corrected chi connectivity index (χ4v) is 5.40. The lowest BCUT2D eigenvalue weighted by Crippen LogP contribution is -2.50. The highest BCUT2D eigenvalue weighted by Gasteiger charge is 2.39. The second-order valence-electron chi connectivity index (χ2n) is 9.68. The number of carbonyl (C=O) groups is 1. The molecule has 1 saturated carbocycles. The maximum absolute atomic E-state index is 11.1. The van der Waals surface area contributed by atoms with Crippen molar-refractivity contribution in [1.29, 1.82) is 0 Å². The molecule has 0 atom stereocenters. The van der Waals surface area contributed by atoms with Gasteiger partial charge < -0.3 is 15.5 Å². The van der Waals surface area contributed by atoms with Crippen molar-refractivity contribution in [3.05, 3.63) is 29.6 Å². The van der Waals surface area contributed by atoms with Gasteiger partial charge in [-0.25, -0.2) is 0 Å². The zero-order valence-electron chi connectivity index (χ0n) is 18.0. The number of unbranched alkanes of at least 4 members (excludes halogenated alkanes) is 2. The predicted molar refractivity (Wildman–Crippen MR) is 117 cm³/mol. The normalized spacial score (nSPS) is 23.2. The van der Waals surface area contributed by atoms with E-state index in [1.165, 1.54) is 90.5 Å². The van der Waals surface area contributed by atoms with Crippen molar-refractivity contribution in [1.82, 2.24) is 14.8 Å². The minimum Gasteiger partial charge on any atom is -0.366 e. The van der Waals surface area contributed by atoms with Gasteiger partial charge in [-0.05, 0) is 108 Å². The van der Waals surface area contributed by atoms with E-state index in [-0.39, 0.29) is 0 Å². The first-order valence-corrected chi connectivity index (χ1v) is 11.8. The largest absolute Gasteiger partial charge is 0.366 e. The lowest BCUT2D eigenvalue weighted by molar-refractivity contribution is 0.00494. The van der Waals surface area contributed by atoms with Gasteiger partial charge in [-0.2, -0.15) is 0 Å². The Morgan fingerprint density at radius 3 is 2.34 bits per heavy atom. The topological polar surface area (TPSA) is 62.5 Å². The van der Waals surface area contributed by atoms with E-state index in [9.17, 15) is 4.79 Å². The number of nitrogens with two attached hydrogens (primary N) is 1. The van der Waals surface area contributed by atoms with Crippen LogP contribution in [0.4, 0.5) is 0 Å². The number of amides is 1. The number of aryl methyl sites for hydroxylation is 1. The van der Waals surface area contributed by atoms with Crippen LogP contribution in [0.2, 0.25) is 0 Å². The van der Waals surface area contributed by atoms with Crippen molar-refractivity contribution in [2.24, 2.45) is 11.1 Å². The van der Waals surface area contributed by atoms with E-state index >= 15 is 0 Å². The first-order valence-electron chi connectivity index (χ1n) is 11.8. The summed E-state index contributed by atoms with van der Waals surface area (Å²) in [4.78, 5) is 20.9. The maximum atomic E-state index is 11.1. The van der Waals surface area contributed by atoms with Gasteiger partial charge in [0.15, 0.2) is 0 Å². The number of likely N-dealkylation sites (tertiary alicyclic amines) is 2. The SMILES string of the molecule is NC(=O)c1ccc(CCCCCN2CCC3(CC2)CCN(C2CCC2)CC3)nc1. The summed E-state index contributed by atoms with van der Waals surface area (Å²) in [6.07, 6.45) is 16.4. The first kappa shape index (κ1) is 20.8. The second-order valence-corrected chi connectivity index (χ2v) is 9.68. The smallest absolute Gasteiger partial charge is 0.250 e. The van der Waals surface area contributed by atoms with Crippen LogP contribution in [-0.4, -0.2) is 59.5 Å². The Kier molecular flexibility index (Phi) is 6.86. The van der Waals surface area contributed by atoms with Gasteiger partial charge in [-0.3, -0.25) is 9.78 Å². The summed E-state index contributed by atoms with van der Waals surface area (Å²) in [5.74, 6) is -0.406. The van der Waals surface area contributed by atoms with Crippen LogP contribution >= 0.6 is 0 Å². The maximum Gasteiger partial charge on any atom is 0.250 e. The molecule has 1 amide bonds. The van der Waals surface area contributed by atoms with Gasteiger partial charge in [-0.15, -0.1) is 0 Å². The Bertz CT molecular complexity index is 652. The molecule has 5 nitrogen and oxygen atoms in total. The molecule has 0 bridgehead atoms. The highest BCUT2D eigenvalue weighted by atomic mass is 16.1. The van der Waals surface area contributed by atoms with E-state index in [1.807, 2.05) is 6.07 Å². The zero-order chi connectivity index (χ0) is 20.1. The predicted octanol–water partition coefficient (Wildman–Crippen LogP) is 3.62. The van der Waals surface area contributed by atoms with Gasteiger partial charge in [0.05, 0.1) is 5.56 Å². The van der Waals surface area contributed by atoms with E-state index in [4.69, 9.17) is 5.73 Å². The van der Waals surface area contributed by atoms with Crippen LogP contribution in [0.25, 0.3) is 0 Å². The summed E-state index contributed by atoms with van der Waals surface area (Å²) in [7, 11) is 0. The summed E-state index contributed by atoms with van der Waals surface area (Å²) in [6, 6.07) is 4.65. The molecule has 160 valence electrons. The van der Waals surface area contributed by atoms with Gasteiger partial charge in [0, 0.05) is 17.9 Å². The molecule has 0 aromatic carbocycles. The van der Waals surface area contributed by atoms with Gasteiger partial charge in [-0.1, -0.05) is 12.8 Å². The highest BCUT2D eigenvalue weighted by molar-refractivity contribution is 5.92. The van der Waals surface area contributed by atoms with Gasteiger partial charge >= 0.3 is 0 Å². The van der Waals surface area contributed by atoms with Crippen molar-refractivity contribution in [2.75, 3.05) is 32.7 Å². The van der Waals surface area contributed by atoms with Crippen LogP contribution in [0.1, 0.15) is 80.3 Å². The van der Waals surface area contributed by atoms with E-state index in [1.54, 1.807) is 12.3 Å². The molecule has 3 fully saturated rings. The summed E-state index contributed by atoms with van der Waals surface area (Å²) in [5.41, 5.74) is 7.48. The molecule has 0 unspecified atom stereocenters. The highest BCUT2D eigenvalue weighted by Crippen LogP contribution is 2.42. The van der Waals surface area contributed by atoms with Crippen molar-refractivity contribution >= 4 is 5.91 Å². The van der Waals surface area contributed by atoms with E-state index in [2.05, 4.69) is 14.8 Å². The lowest BCUT2D eigenvalue weighted by Gasteiger charge is -2.50. The number of hydrogen-bond donors (Lipinski definition) is 1. The molecule has 0 radical (unpaired) electrons. The number of primary amides is 1. The van der Waals surface area contributed by atoms with Gasteiger partial charge in [0.2, 0.25) is 5.91 Å². The summed E-state index contributed by atoms with van der Waals surface area (Å²) >= 11 is 0. The number of rotatable bonds is 8. The summed E-state index contributed by atoms with van der Waals surface area (Å²) in [5, 5.41) is 0. The van der Waals surface area contributed by atoms with Crippen LogP contribution in [-0.2, 0) is 6.42 Å². The third-order valence-corrected chi connectivity index (χ3v) is 7.88. The number of piperidine rings is 2. The van der Waals surface area contributed by atoms with E-state index in [0.717, 1.165) is 24.6 Å².